The molecule has 1 aromatic carbocycles. The van der Waals surface area contributed by atoms with Gasteiger partial charge in [0.2, 0.25) is 0 Å². The lowest BCUT2D eigenvalue weighted by Crippen LogP contribution is -2.37. The van der Waals surface area contributed by atoms with Gasteiger partial charge < -0.3 is 4.74 Å². The lowest BCUT2D eigenvalue weighted by molar-refractivity contribution is -0.143. The number of esters is 1. The number of ether oxygens (including phenoxy) is 1. The molecule has 0 radical (unpaired) electrons. The zero-order chi connectivity index (χ0) is 16.6. The SMILES string of the molecule is COC(=O)C1C(C)=NC2=C(C(=O)CCC2)[C@@H]1c1ccccc1Br. The molecule has 0 bridgehead atoms. The van der Waals surface area contributed by atoms with Crippen molar-refractivity contribution in [2.24, 2.45) is 10.9 Å². The Morgan fingerprint density at radius 1 is 1.30 bits per heavy atom. The van der Waals surface area contributed by atoms with E-state index < -0.39 is 5.92 Å². The highest BCUT2D eigenvalue weighted by Gasteiger charge is 2.43. The fraction of sp³-hybridized carbons (Fsp3) is 0.389. The molecule has 0 aromatic heterocycles. The predicted molar refractivity (Wildman–Crippen MR) is 91.4 cm³/mol. The number of aliphatic imine (C=N–C) groups is 1. The van der Waals surface area contributed by atoms with E-state index >= 15 is 0 Å². The molecule has 3 rings (SSSR count). The minimum absolute atomic E-state index is 0.0946. The molecule has 4 nitrogen and oxygen atoms in total. The Hall–Kier alpha value is -1.75. The van der Waals surface area contributed by atoms with E-state index in [1.54, 1.807) is 0 Å². The van der Waals surface area contributed by atoms with Crippen molar-refractivity contribution >= 4 is 33.4 Å². The Morgan fingerprint density at radius 2 is 2.04 bits per heavy atom. The minimum atomic E-state index is -0.556. The normalized spacial score (nSPS) is 24.1. The van der Waals surface area contributed by atoms with Crippen LogP contribution in [0, 0.1) is 5.92 Å². The Morgan fingerprint density at radius 3 is 2.74 bits per heavy atom. The van der Waals surface area contributed by atoms with Crippen LogP contribution in [0.1, 0.15) is 37.7 Å². The van der Waals surface area contributed by atoms with Gasteiger partial charge in [-0.3, -0.25) is 14.6 Å². The van der Waals surface area contributed by atoms with Crippen LogP contribution in [0.3, 0.4) is 0 Å². The van der Waals surface area contributed by atoms with Crippen LogP contribution in [-0.2, 0) is 14.3 Å². The highest BCUT2D eigenvalue weighted by atomic mass is 79.9. The zero-order valence-electron chi connectivity index (χ0n) is 13.1. The highest BCUT2D eigenvalue weighted by Crippen LogP contribution is 2.45. The zero-order valence-corrected chi connectivity index (χ0v) is 14.7. The summed E-state index contributed by atoms with van der Waals surface area (Å²) in [6.07, 6.45) is 2.12. The van der Waals surface area contributed by atoms with Crippen LogP contribution in [0.5, 0.6) is 0 Å². The first kappa shape index (κ1) is 16.1. The molecule has 0 saturated heterocycles. The van der Waals surface area contributed by atoms with E-state index in [0.717, 1.165) is 28.6 Å². The summed E-state index contributed by atoms with van der Waals surface area (Å²) >= 11 is 3.56. The van der Waals surface area contributed by atoms with Crippen molar-refractivity contribution in [2.75, 3.05) is 7.11 Å². The van der Waals surface area contributed by atoms with Crippen molar-refractivity contribution in [3.05, 3.63) is 45.6 Å². The van der Waals surface area contributed by atoms with E-state index in [0.29, 0.717) is 17.7 Å². The van der Waals surface area contributed by atoms with Gasteiger partial charge in [-0.05, 0) is 31.4 Å². The van der Waals surface area contributed by atoms with Gasteiger partial charge in [0, 0.05) is 33.8 Å². The summed E-state index contributed by atoms with van der Waals surface area (Å²) in [5.74, 6) is -1.15. The molecule has 1 unspecified atom stereocenters. The second kappa shape index (κ2) is 6.40. The summed E-state index contributed by atoms with van der Waals surface area (Å²) in [6.45, 7) is 1.84. The molecule has 0 spiro atoms. The first-order valence-corrected chi connectivity index (χ1v) is 8.47. The lowest BCUT2D eigenvalue weighted by atomic mass is 9.72. The molecule has 1 aromatic rings. The third-order valence-corrected chi connectivity index (χ3v) is 5.25. The Balaban J connectivity index is 2.22. The maximum absolute atomic E-state index is 12.6. The van der Waals surface area contributed by atoms with Crippen LogP contribution >= 0.6 is 15.9 Å². The maximum Gasteiger partial charge on any atom is 0.315 e. The molecule has 0 fully saturated rings. The van der Waals surface area contributed by atoms with E-state index in [1.165, 1.54) is 7.11 Å². The van der Waals surface area contributed by atoms with Gasteiger partial charge in [0.25, 0.3) is 0 Å². The van der Waals surface area contributed by atoms with Crippen LogP contribution in [0.15, 0.2) is 45.0 Å². The topological polar surface area (TPSA) is 55.7 Å². The van der Waals surface area contributed by atoms with Crippen molar-refractivity contribution in [1.82, 2.24) is 0 Å². The van der Waals surface area contributed by atoms with Gasteiger partial charge in [-0.25, -0.2) is 0 Å². The standard InChI is InChI=1S/C18H18BrNO3/c1-10-15(18(22)23-2)16(11-6-3-4-7-12(11)19)17-13(20-10)8-5-9-14(17)21/h3-4,6-7,15-16H,5,8-9H2,1-2H3/t15?,16-/m1/s1. The number of methoxy groups -OCH3 is 1. The number of nitrogens with zero attached hydrogens (tertiary/aromatic N) is 1. The maximum atomic E-state index is 12.6. The molecule has 0 amide bonds. The van der Waals surface area contributed by atoms with E-state index in [1.807, 2.05) is 31.2 Å². The van der Waals surface area contributed by atoms with E-state index in [4.69, 9.17) is 4.74 Å². The smallest absolute Gasteiger partial charge is 0.315 e. The van der Waals surface area contributed by atoms with Crippen LogP contribution in [0.25, 0.3) is 0 Å². The number of ketones is 1. The van der Waals surface area contributed by atoms with Crippen LogP contribution < -0.4 is 0 Å². The lowest BCUT2D eigenvalue weighted by Gasteiger charge is -2.34. The first-order chi connectivity index (χ1) is 11.0. The number of benzene rings is 1. The van der Waals surface area contributed by atoms with Gasteiger partial charge in [0.05, 0.1) is 7.11 Å². The number of allylic oxidation sites excluding steroid dienone is 2. The monoisotopic (exact) mass is 375 g/mol. The van der Waals surface area contributed by atoms with Gasteiger partial charge in [-0.2, -0.15) is 0 Å². The number of carbonyl (C=O) groups excluding carboxylic acids is 2. The molecule has 2 aliphatic rings. The van der Waals surface area contributed by atoms with Gasteiger partial charge in [0.15, 0.2) is 5.78 Å². The van der Waals surface area contributed by atoms with Crippen molar-refractivity contribution in [3.8, 4) is 0 Å². The fourth-order valence-corrected chi connectivity index (χ4v) is 4.03. The highest BCUT2D eigenvalue weighted by molar-refractivity contribution is 9.10. The Labute approximate surface area is 143 Å². The fourth-order valence-electron chi connectivity index (χ4n) is 3.50. The van der Waals surface area contributed by atoms with Crippen LogP contribution in [0.4, 0.5) is 0 Å². The van der Waals surface area contributed by atoms with E-state index in [-0.39, 0.29) is 17.7 Å². The third kappa shape index (κ3) is 2.78. The van der Waals surface area contributed by atoms with E-state index in [9.17, 15) is 9.59 Å². The van der Waals surface area contributed by atoms with Crippen molar-refractivity contribution in [3.63, 3.8) is 0 Å². The third-order valence-electron chi connectivity index (χ3n) is 4.53. The van der Waals surface area contributed by atoms with E-state index in [2.05, 4.69) is 20.9 Å². The Kier molecular flexibility index (Phi) is 4.48. The second-order valence-electron chi connectivity index (χ2n) is 5.89. The molecule has 2 atom stereocenters. The second-order valence-corrected chi connectivity index (χ2v) is 6.74. The summed E-state index contributed by atoms with van der Waals surface area (Å²) in [6, 6.07) is 7.72. The molecule has 0 saturated carbocycles. The summed E-state index contributed by atoms with van der Waals surface area (Å²) < 4.78 is 5.89. The summed E-state index contributed by atoms with van der Waals surface area (Å²) in [5, 5.41) is 0. The number of hydrogen-bond donors (Lipinski definition) is 0. The molecule has 0 N–H and O–H groups in total. The van der Waals surface area contributed by atoms with Crippen molar-refractivity contribution in [2.45, 2.75) is 32.1 Å². The average Bonchev–Trinajstić information content (AvgIpc) is 2.54. The molecular formula is C18H18BrNO3. The number of halogens is 1. The van der Waals surface area contributed by atoms with Crippen LogP contribution in [0.2, 0.25) is 0 Å². The number of carbonyl (C=O) groups is 2. The van der Waals surface area contributed by atoms with Crippen molar-refractivity contribution in [1.29, 1.82) is 0 Å². The largest absolute Gasteiger partial charge is 0.468 e. The van der Waals surface area contributed by atoms with Gasteiger partial charge >= 0.3 is 5.97 Å². The number of Topliss-reactive ketones (excluding diaryl/α,β-unsaturated/α-hetero) is 1. The molecule has 1 aliphatic heterocycles. The molecule has 1 heterocycles. The summed E-state index contributed by atoms with van der Waals surface area (Å²) in [7, 11) is 1.37. The quantitative estimate of drug-likeness (QED) is 0.738. The first-order valence-electron chi connectivity index (χ1n) is 7.68. The van der Waals surface area contributed by atoms with Crippen molar-refractivity contribution < 1.29 is 14.3 Å². The number of rotatable bonds is 2. The van der Waals surface area contributed by atoms with Gasteiger partial charge in [0.1, 0.15) is 5.92 Å². The molecule has 5 heteroatoms. The van der Waals surface area contributed by atoms with Crippen LogP contribution in [-0.4, -0.2) is 24.6 Å². The van der Waals surface area contributed by atoms with Gasteiger partial charge in [-0.1, -0.05) is 34.1 Å². The minimum Gasteiger partial charge on any atom is -0.468 e. The molecule has 120 valence electrons. The summed E-state index contributed by atoms with van der Waals surface area (Å²) in [5.41, 5.74) is 3.16. The predicted octanol–water partition coefficient (Wildman–Crippen LogP) is 3.80. The molecule has 23 heavy (non-hydrogen) atoms. The summed E-state index contributed by atoms with van der Waals surface area (Å²) in [4.78, 5) is 29.6. The van der Waals surface area contributed by atoms with Gasteiger partial charge in [-0.15, -0.1) is 0 Å². The molecule has 1 aliphatic carbocycles. The number of hydrogen-bond acceptors (Lipinski definition) is 4. The Bertz CT molecular complexity index is 736. The molecular weight excluding hydrogens is 358 g/mol. The average molecular weight is 376 g/mol.